The van der Waals surface area contributed by atoms with E-state index in [1.54, 1.807) is 12.1 Å². The standard InChI is InChI=1S/C47H82N18O14S2/c1-23(66)36(45(77)60-29(11-15-49)40(72)57-27(5-2-3-14-48)39(71)64-34(22-81)43(75)61-31(13-17-51)46(78)79)65-41(73)30(12-16-50)59-38(70)28(6-4-18-56-47(54)55)58-42(74)32(20-35(53)68)62-44(76)33(21-80)63-37(69)26(52)19-24-7-9-25(67)10-8-24/h7-10,23,26-34,36,66-67,80-81H,2-6,11-22,48-52H2,1H3,(H2,53,68)(H,57,72)(H,58,74)(H,59,70)(H,60,77)(H,61,75)(H,62,76)(H,63,69)(H,64,71)(H,65,73)(H,78,79)(H4,54,55,56)/t23-,26+,27+,28+,29-,30+,31+,32+,33+,34+,36+/m1/s1. The van der Waals surface area contributed by atoms with E-state index in [9.17, 15) is 68.1 Å². The van der Waals surface area contributed by atoms with Crippen LogP contribution >= 0.6 is 25.3 Å². The molecule has 456 valence electrons. The van der Waals surface area contributed by atoms with Gasteiger partial charge in [0.2, 0.25) is 59.1 Å². The summed E-state index contributed by atoms with van der Waals surface area (Å²) in [6, 6.07) is -9.03. The van der Waals surface area contributed by atoms with Gasteiger partial charge in [-0.15, -0.1) is 0 Å². The van der Waals surface area contributed by atoms with Crippen molar-refractivity contribution >= 4 is 96.3 Å². The number of carbonyl (C=O) groups is 11. The number of rotatable bonds is 40. The van der Waals surface area contributed by atoms with Crippen LogP contribution in [0.2, 0.25) is 0 Å². The fourth-order valence-electron chi connectivity index (χ4n) is 7.44. The fourth-order valence-corrected chi connectivity index (χ4v) is 7.95. The van der Waals surface area contributed by atoms with Crippen LogP contribution in [0, 0.1) is 0 Å². The Morgan fingerprint density at radius 2 is 0.889 bits per heavy atom. The third kappa shape index (κ3) is 27.3. The smallest absolute Gasteiger partial charge is 0.326 e. The average molecular weight is 1190 g/mol. The molecule has 0 saturated carbocycles. The van der Waals surface area contributed by atoms with E-state index < -0.39 is 138 Å². The number of thiol groups is 2. The van der Waals surface area contributed by atoms with Gasteiger partial charge < -0.3 is 109 Å². The number of nitrogens with two attached hydrogens (primary N) is 8. The summed E-state index contributed by atoms with van der Waals surface area (Å²) in [5.74, 6) is -12.2. The number of phenols is 1. The number of primary amides is 1. The van der Waals surface area contributed by atoms with Crippen LogP contribution in [0.1, 0.15) is 70.3 Å². The number of amides is 10. The summed E-state index contributed by atoms with van der Waals surface area (Å²) in [7, 11) is 0. The van der Waals surface area contributed by atoms with Gasteiger partial charge in [0.1, 0.15) is 60.1 Å². The number of aliphatic imine (C=N–C) groups is 1. The molecule has 0 fully saturated rings. The lowest BCUT2D eigenvalue weighted by atomic mass is 10.0. The summed E-state index contributed by atoms with van der Waals surface area (Å²) in [6.07, 6.45) is -2.65. The van der Waals surface area contributed by atoms with E-state index in [-0.39, 0.29) is 101 Å². The summed E-state index contributed by atoms with van der Waals surface area (Å²) in [4.78, 5) is 150. The van der Waals surface area contributed by atoms with Gasteiger partial charge in [-0.1, -0.05) is 12.1 Å². The zero-order chi connectivity index (χ0) is 61.4. The van der Waals surface area contributed by atoms with Crippen LogP contribution in [-0.2, 0) is 59.2 Å². The van der Waals surface area contributed by atoms with Gasteiger partial charge in [0.25, 0.3) is 0 Å². The largest absolute Gasteiger partial charge is 0.508 e. The van der Waals surface area contributed by atoms with Crippen molar-refractivity contribution in [2.45, 2.75) is 138 Å². The Morgan fingerprint density at radius 1 is 0.506 bits per heavy atom. The number of aliphatic hydroxyl groups is 1. The van der Waals surface area contributed by atoms with Crippen molar-refractivity contribution in [3.05, 3.63) is 29.8 Å². The van der Waals surface area contributed by atoms with Crippen LogP contribution in [0.5, 0.6) is 5.75 Å². The Kier molecular flexibility index (Phi) is 34.2. The number of aliphatic carboxylic acids is 1. The third-order valence-electron chi connectivity index (χ3n) is 11.9. The molecule has 0 aromatic heterocycles. The first-order chi connectivity index (χ1) is 38.3. The molecule has 0 spiro atoms. The first kappa shape index (κ1) is 71.9. The molecule has 28 N–H and O–H groups in total. The minimum Gasteiger partial charge on any atom is -0.508 e. The Morgan fingerprint density at radius 3 is 1.32 bits per heavy atom. The third-order valence-corrected chi connectivity index (χ3v) is 12.6. The number of benzene rings is 1. The van der Waals surface area contributed by atoms with Gasteiger partial charge >= 0.3 is 5.97 Å². The van der Waals surface area contributed by atoms with E-state index in [0.29, 0.717) is 18.4 Å². The van der Waals surface area contributed by atoms with Gasteiger partial charge in [-0.2, -0.15) is 25.3 Å². The van der Waals surface area contributed by atoms with Crippen LogP contribution in [0.15, 0.2) is 29.3 Å². The van der Waals surface area contributed by atoms with Gasteiger partial charge in [0.05, 0.1) is 18.6 Å². The van der Waals surface area contributed by atoms with E-state index >= 15 is 0 Å². The Labute approximate surface area is 478 Å². The molecule has 0 bridgehead atoms. The fraction of sp³-hybridized carbons (Fsp3) is 0.617. The van der Waals surface area contributed by atoms with Crippen LogP contribution in [0.25, 0.3) is 0 Å². The maximum atomic E-state index is 14.1. The predicted octanol–water partition coefficient (Wildman–Crippen LogP) is -8.95. The lowest BCUT2D eigenvalue weighted by Crippen LogP contribution is -2.62. The summed E-state index contributed by atoms with van der Waals surface area (Å²) >= 11 is 8.25. The van der Waals surface area contributed by atoms with Crippen molar-refractivity contribution in [3.63, 3.8) is 0 Å². The monoisotopic (exact) mass is 1190 g/mol. The number of hydrogen-bond donors (Lipinski definition) is 22. The van der Waals surface area contributed by atoms with Crippen LogP contribution in [-0.4, -0.2) is 197 Å². The van der Waals surface area contributed by atoms with E-state index in [4.69, 9.17) is 45.9 Å². The number of carbonyl (C=O) groups excluding carboxylic acids is 10. The van der Waals surface area contributed by atoms with Gasteiger partial charge in [-0.3, -0.25) is 52.9 Å². The SMILES string of the molecule is C[C@@H](O)[C@H](NC(=O)[C@H](CCN)NC(=O)[C@H](CCCN=C(N)N)NC(=O)[C@H](CC(N)=O)NC(=O)[C@H](CS)NC(=O)[C@@H](N)Cc1ccc(O)cc1)C(=O)N[C@H](CCN)C(=O)N[C@@H](CCCCN)C(=O)N[C@@H](CS)C(=O)N[C@@H](CCN)C(=O)O. The zero-order valence-electron chi connectivity index (χ0n) is 45.0. The van der Waals surface area contributed by atoms with Crippen molar-refractivity contribution in [2.24, 2.45) is 50.9 Å². The molecule has 81 heavy (non-hydrogen) atoms. The Balaban J connectivity index is 3.38. The normalized spacial score (nSPS) is 15.1. The average Bonchev–Trinajstić information content (AvgIpc) is 3.42. The Bertz CT molecular complexity index is 2280. The molecule has 1 aromatic carbocycles. The van der Waals surface area contributed by atoms with Crippen LogP contribution < -0.4 is 93.7 Å². The second kappa shape index (κ2) is 38.5. The molecule has 0 aliphatic heterocycles. The maximum Gasteiger partial charge on any atom is 0.326 e. The molecule has 34 heteroatoms. The van der Waals surface area contributed by atoms with Gasteiger partial charge in [-0.25, -0.2) is 4.79 Å². The molecule has 0 saturated heterocycles. The second-order valence-electron chi connectivity index (χ2n) is 18.5. The highest BCUT2D eigenvalue weighted by Crippen LogP contribution is 2.12. The van der Waals surface area contributed by atoms with Crippen molar-refractivity contribution < 1.29 is 68.1 Å². The zero-order valence-corrected chi connectivity index (χ0v) is 46.8. The first-order valence-corrected chi connectivity index (χ1v) is 27.1. The molecule has 32 nitrogen and oxygen atoms in total. The van der Waals surface area contributed by atoms with Crippen LogP contribution in [0.4, 0.5) is 0 Å². The molecule has 0 radical (unpaired) electrons. The summed E-state index contributed by atoms with van der Waals surface area (Å²) < 4.78 is 0. The lowest BCUT2D eigenvalue weighted by molar-refractivity contribution is -0.142. The van der Waals surface area contributed by atoms with Gasteiger partial charge in [0.15, 0.2) is 5.96 Å². The minimum atomic E-state index is -1.83. The summed E-state index contributed by atoms with van der Waals surface area (Å²) in [6.45, 7) is 0.757. The quantitative estimate of drug-likeness (QED) is 0.0126. The van der Waals surface area contributed by atoms with Crippen molar-refractivity contribution in [3.8, 4) is 5.75 Å². The number of nitrogens with zero attached hydrogens (tertiary/aromatic N) is 1. The molecular formula is C47H82N18O14S2. The number of hydrogen-bond acceptors (Lipinski definition) is 21. The highest BCUT2D eigenvalue weighted by atomic mass is 32.1. The maximum absolute atomic E-state index is 14.1. The number of carboxylic acid groups (broad SMARTS) is 1. The molecule has 11 atom stereocenters. The Hall–Kier alpha value is -7.08. The molecule has 0 aliphatic rings. The van der Waals surface area contributed by atoms with Crippen molar-refractivity contribution in [1.82, 2.24) is 47.9 Å². The molecule has 1 aromatic rings. The van der Waals surface area contributed by atoms with Gasteiger partial charge in [0, 0.05) is 18.1 Å². The number of carboxylic acids is 1. The number of aromatic hydroxyl groups is 1. The number of unbranched alkanes of at least 4 members (excludes halogenated alkanes) is 1. The van der Waals surface area contributed by atoms with E-state index in [0.717, 1.165) is 6.92 Å². The summed E-state index contributed by atoms with van der Waals surface area (Å²) in [5, 5.41) is 51.4. The van der Waals surface area contributed by atoms with E-state index in [1.165, 1.54) is 12.1 Å². The number of aliphatic hydroxyl groups excluding tert-OH is 1. The molecule has 0 unspecified atom stereocenters. The molecule has 1 rings (SSSR count). The topological polar surface area (TPSA) is 577 Å². The molecule has 0 heterocycles. The van der Waals surface area contributed by atoms with Crippen molar-refractivity contribution in [1.29, 1.82) is 0 Å². The lowest BCUT2D eigenvalue weighted by Gasteiger charge is -2.29. The molecular weight excluding hydrogens is 1100 g/mol. The van der Waals surface area contributed by atoms with Crippen molar-refractivity contribution in [2.75, 3.05) is 44.2 Å². The minimum absolute atomic E-state index is 0.0111. The number of nitrogens with one attached hydrogen (secondary N) is 9. The highest BCUT2D eigenvalue weighted by molar-refractivity contribution is 7.80. The number of guanidine groups is 1. The second-order valence-corrected chi connectivity index (χ2v) is 19.3. The number of phenolic OH excluding ortho intramolecular Hbond substituents is 1. The predicted molar refractivity (Wildman–Crippen MR) is 302 cm³/mol. The highest BCUT2D eigenvalue weighted by Gasteiger charge is 2.36. The first-order valence-electron chi connectivity index (χ1n) is 25.8. The van der Waals surface area contributed by atoms with Gasteiger partial charge in [-0.05, 0) is 109 Å². The molecule has 0 aliphatic carbocycles. The van der Waals surface area contributed by atoms with E-state index in [1.807, 2.05) is 0 Å². The van der Waals surface area contributed by atoms with Crippen LogP contribution in [0.3, 0.4) is 0 Å². The molecule has 10 amide bonds. The van der Waals surface area contributed by atoms with E-state index in [2.05, 4.69) is 78.1 Å². The summed E-state index contributed by atoms with van der Waals surface area (Å²) in [5.41, 5.74) is 45.7.